The highest BCUT2D eigenvalue weighted by Gasteiger charge is 2.02. The maximum atomic E-state index is 10.9. The van der Waals surface area contributed by atoms with Crippen molar-refractivity contribution in [3.05, 3.63) is 34.3 Å². The summed E-state index contributed by atoms with van der Waals surface area (Å²) in [5, 5.41) is 1.82. The van der Waals surface area contributed by atoms with Crippen molar-refractivity contribution in [3.8, 4) is 0 Å². The Labute approximate surface area is 89.0 Å². The van der Waals surface area contributed by atoms with Crippen molar-refractivity contribution in [3.63, 3.8) is 0 Å². The van der Waals surface area contributed by atoms with Gasteiger partial charge >= 0.3 is 11.1 Å². The number of benzene rings is 1. The van der Waals surface area contributed by atoms with Crippen molar-refractivity contribution in [1.29, 1.82) is 0 Å². The molecule has 5 nitrogen and oxygen atoms in total. The predicted octanol–water partition coefficient (Wildman–Crippen LogP) is 1.57. The minimum Gasteiger partial charge on any atom is -0.408 e. The average molecular weight is 227 g/mol. The lowest BCUT2D eigenvalue weighted by atomic mass is 10.2. The Kier molecular flexibility index (Phi) is 2.47. The molecule has 2 aromatic rings. The lowest BCUT2D eigenvalue weighted by Crippen LogP contribution is -2.15. The first kappa shape index (κ1) is 9.79. The molecule has 78 valence electrons. The minimum atomic E-state index is -0.615. The molecule has 0 bridgehead atoms. The molecule has 0 aliphatic rings. The molecule has 6 heteroatoms. The van der Waals surface area contributed by atoms with Gasteiger partial charge < -0.3 is 9.73 Å². The highest BCUT2D eigenvalue weighted by atomic mass is 35.5. The summed E-state index contributed by atoms with van der Waals surface area (Å²) in [5.74, 6) is -0.497. The smallest absolute Gasteiger partial charge is 0.408 e. The van der Waals surface area contributed by atoms with Crippen LogP contribution in [0.3, 0.4) is 0 Å². The number of aromatic nitrogens is 1. The fourth-order valence-corrected chi connectivity index (χ4v) is 1.35. The molecule has 0 unspecified atom stereocenters. The zero-order chi connectivity index (χ0) is 10.8. The molecule has 0 spiro atoms. The van der Waals surface area contributed by atoms with Crippen molar-refractivity contribution in [1.82, 2.24) is 10.3 Å². The summed E-state index contributed by atoms with van der Waals surface area (Å²) in [6.07, 6.45) is 0. The van der Waals surface area contributed by atoms with Crippen LogP contribution in [0.15, 0.2) is 27.4 Å². The molecule has 2 N–H and O–H groups in total. The Morgan fingerprint density at radius 1 is 1.53 bits per heavy atom. The Balaban J connectivity index is 2.30. The molecule has 2 rings (SSSR count). The van der Waals surface area contributed by atoms with Gasteiger partial charge in [0.15, 0.2) is 5.58 Å². The van der Waals surface area contributed by atoms with Crippen molar-refractivity contribution >= 4 is 28.1 Å². The molecule has 0 radical (unpaired) electrons. The molecule has 0 fully saturated rings. The maximum absolute atomic E-state index is 10.9. The van der Waals surface area contributed by atoms with Gasteiger partial charge in [-0.1, -0.05) is 6.07 Å². The number of carbonyl (C=O) groups excluding carboxylic acids is 1. The molecule has 1 aromatic carbocycles. The van der Waals surface area contributed by atoms with E-state index in [9.17, 15) is 9.59 Å². The normalized spacial score (nSPS) is 10.5. The Hall–Kier alpha value is -1.75. The number of hydrogen-bond acceptors (Lipinski definition) is 3. The van der Waals surface area contributed by atoms with Crippen LogP contribution in [0, 0.1) is 0 Å². The van der Waals surface area contributed by atoms with E-state index in [4.69, 9.17) is 16.0 Å². The Bertz CT molecular complexity index is 558. The fraction of sp³-hybridized carbons (Fsp3) is 0.111. The summed E-state index contributed by atoms with van der Waals surface area (Å²) in [5.41, 5.74) is 1.91. The van der Waals surface area contributed by atoms with Gasteiger partial charge in [0.25, 0.3) is 0 Å². The van der Waals surface area contributed by atoms with Crippen LogP contribution < -0.4 is 11.1 Å². The van der Waals surface area contributed by atoms with Crippen LogP contribution >= 0.6 is 11.6 Å². The van der Waals surface area contributed by atoms with Crippen molar-refractivity contribution in [2.24, 2.45) is 0 Å². The molecule has 0 atom stereocenters. The number of oxazole rings is 1. The number of nitrogens with one attached hydrogen (secondary N) is 2. The third-order valence-corrected chi connectivity index (χ3v) is 2.05. The minimum absolute atomic E-state index is 0.311. The first-order valence-corrected chi connectivity index (χ1v) is 4.58. The van der Waals surface area contributed by atoms with Crippen LogP contribution in [0.4, 0.5) is 4.79 Å². The lowest BCUT2D eigenvalue weighted by Gasteiger charge is -2.00. The summed E-state index contributed by atoms with van der Waals surface area (Å²) < 4.78 is 4.82. The van der Waals surface area contributed by atoms with E-state index >= 15 is 0 Å². The average Bonchev–Trinajstić information content (AvgIpc) is 2.53. The second-order valence-electron chi connectivity index (χ2n) is 2.97. The van der Waals surface area contributed by atoms with Crippen molar-refractivity contribution in [2.45, 2.75) is 6.54 Å². The number of halogens is 1. The van der Waals surface area contributed by atoms with E-state index in [1.807, 2.05) is 0 Å². The van der Waals surface area contributed by atoms with Gasteiger partial charge in [0.05, 0.1) is 5.52 Å². The molecule has 15 heavy (non-hydrogen) atoms. The SMILES string of the molecule is O=C(Cl)NCc1ccc2oc(=O)[nH]c2c1. The van der Waals surface area contributed by atoms with Gasteiger partial charge in [-0.15, -0.1) is 0 Å². The number of fused-ring (bicyclic) bond motifs is 1. The number of aromatic amines is 1. The summed E-state index contributed by atoms with van der Waals surface area (Å²) in [6.45, 7) is 0.311. The molecule has 0 saturated carbocycles. The van der Waals surface area contributed by atoms with Crippen LogP contribution in [0.2, 0.25) is 0 Å². The standard InChI is InChI=1S/C9H7ClN2O3/c10-8(13)11-4-5-1-2-7-6(3-5)12-9(14)15-7/h1-3H,4H2,(H,11,13)(H,12,14). The zero-order valence-corrected chi connectivity index (χ0v) is 8.30. The third kappa shape index (κ3) is 2.19. The van der Waals surface area contributed by atoms with Gasteiger partial charge in [-0.3, -0.25) is 9.78 Å². The van der Waals surface area contributed by atoms with Gasteiger partial charge in [0.1, 0.15) is 0 Å². The molecule has 1 amide bonds. The summed E-state index contributed by atoms with van der Waals surface area (Å²) in [4.78, 5) is 23.8. The van der Waals surface area contributed by atoms with E-state index in [1.54, 1.807) is 18.2 Å². The fourth-order valence-electron chi connectivity index (χ4n) is 1.28. The number of amides is 1. The molecule has 0 saturated heterocycles. The first-order chi connectivity index (χ1) is 7.15. The number of rotatable bonds is 2. The molecule has 1 aromatic heterocycles. The number of H-pyrrole nitrogens is 1. The first-order valence-electron chi connectivity index (χ1n) is 4.20. The van der Waals surface area contributed by atoms with E-state index in [2.05, 4.69) is 10.3 Å². The van der Waals surface area contributed by atoms with E-state index in [0.29, 0.717) is 17.6 Å². The van der Waals surface area contributed by atoms with E-state index < -0.39 is 11.1 Å². The van der Waals surface area contributed by atoms with Crippen molar-refractivity contribution in [2.75, 3.05) is 0 Å². The van der Waals surface area contributed by atoms with Gasteiger partial charge in [0, 0.05) is 6.54 Å². The zero-order valence-electron chi connectivity index (χ0n) is 7.54. The van der Waals surface area contributed by atoms with Crippen LogP contribution in [-0.4, -0.2) is 10.4 Å². The van der Waals surface area contributed by atoms with Gasteiger partial charge in [-0.2, -0.15) is 0 Å². The van der Waals surface area contributed by atoms with Crippen LogP contribution in [-0.2, 0) is 6.54 Å². The van der Waals surface area contributed by atoms with Crippen LogP contribution in [0.25, 0.3) is 11.1 Å². The van der Waals surface area contributed by atoms with Crippen LogP contribution in [0.5, 0.6) is 0 Å². The van der Waals surface area contributed by atoms with Crippen molar-refractivity contribution < 1.29 is 9.21 Å². The van der Waals surface area contributed by atoms with E-state index in [0.717, 1.165) is 5.56 Å². The quantitative estimate of drug-likeness (QED) is 0.603. The second-order valence-corrected chi connectivity index (χ2v) is 3.32. The van der Waals surface area contributed by atoms with Crippen LogP contribution in [0.1, 0.15) is 5.56 Å². The molecule has 0 aliphatic carbocycles. The maximum Gasteiger partial charge on any atom is 0.417 e. The summed E-state index contributed by atoms with van der Waals surface area (Å²) >= 11 is 5.12. The summed E-state index contributed by atoms with van der Waals surface area (Å²) in [7, 11) is 0. The Morgan fingerprint density at radius 3 is 3.07 bits per heavy atom. The molecular formula is C9H7ClN2O3. The van der Waals surface area contributed by atoms with Gasteiger partial charge in [0.2, 0.25) is 0 Å². The van der Waals surface area contributed by atoms with Gasteiger partial charge in [-0.25, -0.2) is 4.79 Å². The highest BCUT2D eigenvalue weighted by molar-refractivity contribution is 6.62. The third-order valence-electron chi connectivity index (χ3n) is 1.91. The highest BCUT2D eigenvalue weighted by Crippen LogP contribution is 2.11. The van der Waals surface area contributed by atoms with E-state index in [1.165, 1.54) is 0 Å². The Morgan fingerprint density at radius 2 is 2.33 bits per heavy atom. The van der Waals surface area contributed by atoms with E-state index in [-0.39, 0.29) is 0 Å². The van der Waals surface area contributed by atoms with Gasteiger partial charge in [-0.05, 0) is 29.3 Å². The summed E-state index contributed by atoms with van der Waals surface area (Å²) in [6, 6.07) is 5.11. The number of hydrogen-bond donors (Lipinski definition) is 2. The largest absolute Gasteiger partial charge is 0.417 e. The molecule has 1 heterocycles. The number of carbonyl (C=O) groups is 1. The monoisotopic (exact) mass is 226 g/mol. The lowest BCUT2D eigenvalue weighted by molar-refractivity contribution is 0.259. The topological polar surface area (TPSA) is 75.1 Å². The predicted molar refractivity (Wildman–Crippen MR) is 54.9 cm³/mol. The second kappa shape index (κ2) is 3.78. The molecular weight excluding hydrogens is 220 g/mol. The molecule has 0 aliphatic heterocycles.